The third-order valence-corrected chi connectivity index (χ3v) is 4.97. The molecule has 0 bridgehead atoms. The Morgan fingerprint density at radius 3 is 2.55 bits per heavy atom. The van der Waals surface area contributed by atoms with E-state index in [1.54, 1.807) is 0 Å². The predicted molar refractivity (Wildman–Crippen MR) is 49.9 cm³/mol. The lowest BCUT2D eigenvalue weighted by molar-refractivity contribution is -0.152. The topological polar surface area (TPSA) is 26.3 Å². The molecule has 1 fully saturated rings. The van der Waals surface area contributed by atoms with Crippen LogP contribution in [0, 0.1) is 5.41 Å². The minimum absolute atomic E-state index is 0.0243. The van der Waals surface area contributed by atoms with E-state index in [-0.39, 0.29) is 21.2 Å². The van der Waals surface area contributed by atoms with Crippen LogP contribution in [0.3, 0.4) is 0 Å². The summed E-state index contributed by atoms with van der Waals surface area (Å²) >= 11 is 6.76. The Bertz CT molecular complexity index is 179. The van der Waals surface area contributed by atoms with Gasteiger partial charge in [0.15, 0.2) is 5.01 Å². The van der Waals surface area contributed by atoms with Crippen LogP contribution in [0.5, 0.6) is 0 Å². The quantitative estimate of drug-likeness (QED) is 0.505. The van der Waals surface area contributed by atoms with Gasteiger partial charge in [-0.25, -0.2) is 0 Å². The lowest BCUT2D eigenvalue weighted by Gasteiger charge is -2.36. The molecule has 0 spiro atoms. The van der Waals surface area contributed by atoms with Crippen molar-refractivity contribution in [3.8, 4) is 0 Å². The van der Waals surface area contributed by atoms with Crippen molar-refractivity contribution in [3.05, 3.63) is 0 Å². The molecule has 1 aliphatic heterocycles. The van der Waals surface area contributed by atoms with Crippen LogP contribution >= 0.6 is 31.9 Å². The van der Waals surface area contributed by atoms with Gasteiger partial charge in [-0.1, -0.05) is 29.8 Å². The fourth-order valence-electron chi connectivity index (χ4n) is 1.05. The van der Waals surface area contributed by atoms with Crippen molar-refractivity contribution < 1.29 is 9.53 Å². The Balaban J connectivity index is 2.75. The molecule has 1 heterocycles. The van der Waals surface area contributed by atoms with Gasteiger partial charge in [-0.05, 0) is 21.3 Å². The summed E-state index contributed by atoms with van der Waals surface area (Å²) in [4.78, 5) is 11.1. The SMILES string of the molecule is CC1(C)CC(=O)OC(Br)C1Br. The molecule has 2 nitrogen and oxygen atoms in total. The smallest absolute Gasteiger partial charge is 0.307 e. The molecule has 0 radical (unpaired) electrons. The maximum atomic E-state index is 11.0. The number of alkyl halides is 2. The van der Waals surface area contributed by atoms with Crippen LogP contribution in [0.25, 0.3) is 0 Å². The van der Waals surface area contributed by atoms with Crippen LogP contribution in [0.4, 0.5) is 0 Å². The van der Waals surface area contributed by atoms with E-state index < -0.39 is 0 Å². The molecule has 0 aliphatic carbocycles. The minimum Gasteiger partial charge on any atom is -0.449 e. The molecule has 2 unspecified atom stereocenters. The van der Waals surface area contributed by atoms with Gasteiger partial charge < -0.3 is 4.74 Å². The number of cyclic esters (lactones) is 1. The minimum atomic E-state index is -0.196. The average molecular weight is 286 g/mol. The summed E-state index contributed by atoms with van der Waals surface area (Å²) in [6.45, 7) is 4.09. The van der Waals surface area contributed by atoms with Crippen molar-refractivity contribution >= 4 is 37.8 Å². The Morgan fingerprint density at radius 2 is 2.09 bits per heavy atom. The highest BCUT2D eigenvalue weighted by molar-refractivity contribution is 9.12. The van der Waals surface area contributed by atoms with Gasteiger partial charge in [-0.15, -0.1) is 0 Å². The van der Waals surface area contributed by atoms with E-state index in [0.717, 1.165) is 0 Å². The summed E-state index contributed by atoms with van der Waals surface area (Å²) in [5, 5.41) is -0.196. The summed E-state index contributed by atoms with van der Waals surface area (Å²) in [5.41, 5.74) is -0.0243. The first kappa shape index (κ1) is 9.52. The van der Waals surface area contributed by atoms with Crippen molar-refractivity contribution in [1.82, 2.24) is 0 Å². The maximum absolute atomic E-state index is 11.0. The predicted octanol–water partition coefficient (Wildman–Crippen LogP) is 2.44. The Kier molecular flexibility index (Phi) is 2.64. The molecule has 64 valence electrons. The highest BCUT2D eigenvalue weighted by Gasteiger charge is 2.41. The summed E-state index contributed by atoms with van der Waals surface area (Å²) in [6, 6.07) is 0. The van der Waals surface area contributed by atoms with Gasteiger partial charge in [0.2, 0.25) is 0 Å². The molecule has 0 saturated carbocycles. The number of esters is 1. The first-order valence-electron chi connectivity index (χ1n) is 3.41. The van der Waals surface area contributed by atoms with Crippen LogP contribution in [0.1, 0.15) is 20.3 Å². The van der Waals surface area contributed by atoms with Gasteiger partial charge in [-0.3, -0.25) is 4.79 Å². The zero-order valence-electron chi connectivity index (χ0n) is 6.43. The van der Waals surface area contributed by atoms with Crippen molar-refractivity contribution in [2.45, 2.75) is 30.1 Å². The van der Waals surface area contributed by atoms with E-state index in [1.165, 1.54) is 0 Å². The highest BCUT2D eigenvalue weighted by atomic mass is 79.9. The molecular formula is C7H10Br2O2. The summed E-state index contributed by atoms with van der Waals surface area (Å²) in [6.07, 6.45) is 0.477. The molecule has 4 heteroatoms. The zero-order chi connectivity index (χ0) is 8.65. The van der Waals surface area contributed by atoms with Crippen LogP contribution in [0.2, 0.25) is 0 Å². The first-order valence-corrected chi connectivity index (χ1v) is 5.24. The van der Waals surface area contributed by atoms with Crippen LogP contribution in [-0.4, -0.2) is 15.8 Å². The number of carbonyl (C=O) groups excluding carboxylic acids is 1. The number of hydrogen-bond acceptors (Lipinski definition) is 2. The maximum Gasteiger partial charge on any atom is 0.307 e. The Labute approximate surface area is 82.9 Å². The Morgan fingerprint density at radius 1 is 1.55 bits per heavy atom. The molecule has 2 atom stereocenters. The van der Waals surface area contributed by atoms with Crippen LogP contribution in [0.15, 0.2) is 0 Å². The van der Waals surface area contributed by atoms with E-state index in [1.807, 2.05) is 13.8 Å². The van der Waals surface area contributed by atoms with Crippen molar-refractivity contribution in [3.63, 3.8) is 0 Å². The number of halogens is 2. The van der Waals surface area contributed by atoms with E-state index in [9.17, 15) is 4.79 Å². The number of carbonyl (C=O) groups is 1. The number of ether oxygens (including phenoxy) is 1. The molecule has 1 saturated heterocycles. The molecule has 11 heavy (non-hydrogen) atoms. The normalized spacial score (nSPS) is 36.5. The van der Waals surface area contributed by atoms with Crippen molar-refractivity contribution in [1.29, 1.82) is 0 Å². The molecule has 0 aromatic heterocycles. The largest absolute Gasteiger partial charge is 0.449 e. The molecule has 1 rings (SSSR count). The highest BCUT2D eigenvalue weighted by Crippen LogP contribution is 2.40. The molecule has 0 aromatic carbocycles. The third-order valence-electron chi connectivity index (χ3n) is 1.82. The zero-order valence-corrected chi connectivity index (χ0v) is 9.61. The van der Waals surface area contributed by atoms with Gasteiger partial charge in [-0.2, -0.15) is 0 Å². The second-order valence-corrected chi connectivity index (χ2v) is 5.30. The van der Waals surface area contributed by atoms with E-state index in [0.29, 0.717) is 6.42 Å². The van der Waals surface area contributed by atoms with E-state index >= 15 is 0 Å². The van der Waals surface area contributed by atoms with Gasteiger partial charge in [0.25, 0.3) is 0 Å². The standard InChI is InChI=1S/C7H10Br2O2/c1-7(2)3-4(10)11-6(9)5(7)8/h5-6H,3H2,1-2H3. The van der Waals surface area contributed by atoms with Gasteiger partial charge in [0, 0.05) is 0 Å². The summed E-state index contributed by atoms with van der Waals surface area (Å²) in [5.74, 6) is -0.132. The lowest BCUT2D eigenvalue weighted by atomic mass is 9.84. The third kappa shape index (κ3) is 1.96. The van der Waals surface area contributed by atoms with Crippen molar-refractivity contribution in [2.24, 2.45) is 5.41 Å². The number of rotatable bonds is 0. The second kappa shape index (κ2) is 3.05. The lowest BCUT2D eigenvalue weighted by Crippen LogP contribution is -2.41. The number of hydrogen-bond donors (Lipinski definition) is 0. The van der Waals surface area contributed by atoms with E-state index in [2.05, 4.69) is 31.9 Å². The fraction of sp³-hybridized carbons (Fsp3) is 0.857. The molecule has 0 aromatic rings. The molecule has 0 N–H and O–H groups in total. The van der Waals surface area contributed by atoms with Crippen LogP contribution in [-0.2, 0) is 9.53 Å². The van der Waals surface area contributed by atoms with E-state index in [4.69, 9.17) is 4.74 Å². The van der Waals surface area contributed by atoms with Crippen LogP contribution < -0.4 is 0 Å². The summed E-state index contributed by atoms with van der Waals surface area (Å²) < 4.78 is 4.96. The Hall–Kier alpha value is 0.430. The fourth-order valence-corrected chi connectivity index (χ4v) is 2.25. The van der Waals surface area contributed by atoms with Gasteiger partial charge in [0.05, 0.1) is 11.2 Å². The molecule has 1 aliphatic rings. The molecule has 0 amide bonds. The average Bonchev–Trinajstić information content (AvgIpc) is 1.81. The van der Waals surface area contributed by atoms with Gasteiger partial charge in [0.1, 0.15) is 0 Å². The summed E-state index contributed by atoms with van der Waals surface area (Å²) in [7, 11) is 0. The first-order chi connectivity index (χ1) is 4.93. The molecular weight excluding hydrogens is 276 g/mol. The van der Waals surface area contributed by atoms with Gasteiger partial charge >= 0.3 is 5.97 Å². The second-order valence-electron chi connectivity index (χ2n) is 3.41. The van der Waals surface area contributed by atoms with Crippen molar-refractivity contribution in [2.75, 3.05) is 0 Å². The monoisotopic (exact) mass is 284 g/mol.